The minimum atomic E-state index is -0.142. The first-order valence-corrected chi connectivity index (χ1v) is 7.55. The van der Waals surface area contributed by atoms with Gasteiger partial charge in [0.2, 0.25) is 0 Å². The number of amides is 1. The van der Waals surface area contributed by atoms with E-state index in [2.05, 4.69) is 16.4 Å². The molecular formula is C20H15N3O. The van der Waals surface area contributed by atoms with Crippen LogP contribution in [0.15, 0.2) is 72.9 Å². The quantitative estimate of drug-likeness (QED) is 0.801. The number of nitrogens with zero attached hydrogens (tertiary/aromatic N) is 2. The number of benzene rings is 2. The lowest BCUT2D eigenvalue weighted by molar-refractivity contribution is 0.0951. The third kappa shape index (κ3) is 3.65. The highest BCUT2D eigenvalue weighted by Gasteiger charge is 2.07. The Balaban J connectivity index is 1.70. The third-order valence-corrected chi connectivity index (χ3v) is 3.62. The first kappa shape index (κ1) is 15.4. The third-order valence-electron chi connectivity index (χ3n) is 3.62. The van der Waals surface area contributed by atoms with Crippen LogP contribution in [-0.4, -0.2) is 10.9 Å². The van der Waals surface area contributed by atoms with Gasteiger partial charge in [0, 0.05) is 23.9 Å². The van der Waals surface area contributed by atoms with E-state index in [4.69, 9.17) is 5.26 Å². The summed E-state index contributed by atoms with van der Waals surface area (Å²) in [5.41, 5.74) is 3.88. The molecule has 116 valence electrons. The Morgan fingerprint density at radius 2 is 1.88 bits per heavy atom. The van der Waals surface area contributed by atoms with Crippen molar-refractivity contribution in [1.29, 1.82) is 5.26 Å². The second-order valence-corrected chi connectivity index (χ2v) is 5.29. The van der Waals surface area contributed by atoms with Crippen LogP contribution < -0.4 is 5.32 Å². The second kappa shape index (κ2) is 7.21. The molecule has 1 amide bonds. The molecule has 0 aliphatic heterocycles. The molecule has 0 fully saturated rings. The summed E-state index contributed by atoms with van der Waals surface area (Å²) in [6.45, 7) is 0.415. The van der Waals surface area contributed by atoms with Crippen LogP contribution in [0.2, 0.25) is 0 Å². The van der Waals surface area contributed by atoms with E-state index in [0.29, 0.717) is 17.7 Å². The maximum absolute atomic E-state index is 12.3. The lowest BCUT2D eigenvalue weighted by atomic mass is 10.1. The fraction of sp³-hybridized carbons (Fsp3) is 0.0500. The van der Waals surface area contributed by atoms with E-state index in [1.165, 1.54) is 0 Å². The molecule has 1 heterocycles. The van der Waals surface area contributed by atoms with Crippen molar-refractivity contribution in [2.24, 2.45) is 0 Å². The maximum Gasteiger partial charge on any atom is 0.251 e. The normalized spacial score (nSPS) is 9.96. The fourth-order valence-electron chi connectivity index (χ4n) is 2.33. The fourth-order valence-corrected chi connectivity index (χ4v) is 2.33. The summed E-state index contributed by atoms with van der Waals surface area (Å²) >= 11 is 0. The predicted octanol–water partition coefficient (Wildman–Crippen LogP) is 3.55. The van der Waals surface area contributed by atoms with E-state index >= 15 is 0 Å². The number of hydrogen-bond donors (Lipinski definition) is 1. The Hall–Kier alpha value is -3.45. The average molecular weight is 313 g/mol. The topological polar surface area (TPSA) is 65.8 Å². The Kier molecular flexibility index (Phi) is 4.64. The zero-order valence-electron chi connectivity index (χ0n) is 12.9. The molecule has 1 N–H and O–H groups in total. The Morgan fingerprint density at radius 3 is 2.58 bits per heavy atom. The minimum absolute atomic E-state index is 0.142. The number of aromatic nitrogens is 1. The first-order chi connectivity index (χ1) is 11.8. The van der Waals surface area contributed by atoms with Crippen LogP contribution in [0.4, 0.5) is 0 Å². The van der Waals surface area contributed by atoms with Crippen molar-refractivity contribution in [2.45, 2.75) is 6.54 Å². The molecule has 0 bridgehead atoms. The lowest BCUT2D eigenvalue weighted by Crippen LogP contribution is -2.22. The summed E-state index contributed by atoms with van der Waals surface area (Å²) in [5, 5.41) is 11.7. The smallest absolute Gasteiger partial charge is 0.251 e. The highest BCUT2D eigenvalue weighted by molar-refractivity contribution is 5.95. The summed E-state index contributed by atoms with van der Waals surface area (Å²) in [6.07, 6.45) is 1.73. The van der Waals surface area contributed by atoms with Crippen molar-refractivity contribution < 1.29 is 4.79 Å². The van der Waals surface area contributed by atoms with E-state index in [-0.39, 0.29) is 5.91 Å². The van der Waals surface area contributed by atoms with Crippen LogP contribution in [0.25, 0.3) is 11.3 Å². The van der Waals surface area contributed by atoms with Crippen molar-refractivity contribution in [3.63, 3.8) is 0 Å². The van der Waals surface area contributed by atoms with Gasteiger partial charge in [-0.15, -0.1) is 0 Å². The van der Waals surface area contributed by atoms with Crippen LogP contribution in [-0.2, 0) is 6.54 Å². The van der Waals surface area contributed by atoms with Crippen molar-refractivity contribution in [2.75, 3.05) is 0 Å². The van der Waals surface area contributed by atoms with Crippen molar-refractivity contribution >= 4 is 5.91 Å². The van der Waals surface area contributed by atoms with Crippen molar-refractivity contribution in [1.82, 2.24) is 10.3 Å². The Bertz CT molecular complexity index is 881. The number of hydrogen-bond acceptors (Lipinski definition) is 3. The molecule has 3 rings (SSSR count). The van der Waals surface area contributed by atoms with Gasteiger partial charge in [-0.3, -0.25) is 9.78 Å². The second-order valence-electron chi connectivity index (χ2n) is 5.29. The number of nitriles is 1. The van der Waals surface area contributed by atoms with E-state index in [9.17, 15) is 4.79 Å². The van der Waals surface area contributed by atoms with Gasteiger partial charge in [-0.1, -0.05) is 30.3 Å². The largest absolute Gasteiger partial charge is 0.348 e. The standard InChI is InChI=1S/C20H15N3O/c21-13-15-7-9-16(10-8-15)14-23-20(24)18-5-3-4-17(12-18)19-6-1-2-11-22-19/h1-12H,14H2,(H,23,24). The molecule has 0 saturated heterocycles. The van der Waals surface area contributed by atoms with Crippen molar-refractivity contribution in [3.05, 3.63) is 89.6 Å². The molecule has 0 atom stereocenters. The number of carbonyl (C=O) groups is 1. The highest BCUT2D eigenvalue weighted by atomic mass is 16.1. The molecule has 24 heavy (non-hydrogen) atoms. The molecule has 4 heteroatoms. The van der Waals surface area contributed by atoms with Gasteiger partial charge < -0.3 is 5.32 Å². The molecular weight excluding hydrogens is 298 g/mol. The number of nitrogens with one attached hydrogen (secondary N) is 1. The molecule has 1 aromatic heterocycles. The van der Waals surface area contributed by atoms with Gasteiger partial charge in [-0.2, -0.15) is 5.26 Å². The van der Waals surface area contributed by atoms with Crippen LogP contribution >= 0.6 is 0 Å². The van der Waals surface area contributed by atoms with Gasteiger partial charge in [0.25, 0.3) is 5.91 Å². The molecule has 3 aromatic rings. The van der Waals surface area contributed by atoms with Crippen molar-refractivity contribution in [3.8, 4) is 17.3 Å². The zero-order chi connectivity index (χ0) is 16.8. The van der Waals surface area contributed by atoms with E-state index in [0.717, 1.165) is 16.8 Å². The maximum atomic E-state index is 12.3. The summed E-state index contributed by atoms with van der Waals surface area (Å²) in [6, 6.07) is 22.3. The monoisotopic (exact) mass is 313 g/mol. The summed E-state index contributed by atoms with van der Waals surface area (Å²) in [4.78, 5) is 16.6. The number of rotatable bonds is 4. The van der Waals surface area contributed by atoms with Crippen LogP contribution in [0.3, 0.4) is 0 Å². The van der Waals surface area contributed by atoms with E-state index < -0.39 is 0 Å². The first-order valence-electron chi connectivity index (χ1n) is 7.55. The van der Waals surface area contributed by atoms with Crippen LogP contribution in [0.5, 0.6) is 0 Å². The van der Waals surface area contributed by atoms with Gasteiger partial charge in [0.05, 0.1) is 17.3 Å². The Morgan fingerprint density at radius 1 is 1.04 bits per heavy atom. The molecule has 0 radical (unpaired) electrons. The molecule has 0 saturated carbocycles. The summed E-state index contributed by atoms with van der Waals surface area (Å²) < 4.78 is 0. The molecule has 4 nitrogen and oxygen atoms in total. The van der Waals surface area contributed by atoms with E-state index in [1.807, 2.05) is 48.5 Å². The van der Waals surface area contributed by atoms with Crippen LogP contribution in [0, 0.1) is 11.3 Å². The molecule has 0 aliphatic rings. The Labute approximate surface area is 140 Å². The lowest BCUT2D eigenvalue weighted by Gasteiger charge is -2.07. The van der Waals surface area contributed by atoms with E-state index in [1.54, 1.807) is 24.4 Å². The van der Waals surface area contributed by atoms with Gasteiger partial charge in [0.1, 0.15) is 0 Å². The van der Waals surface area contributed by atoms with Gasteiger partial charge in [0.15, 0.2) is 0 Å². The minimum Gasteiger partial charge on any atom is -0.348 e. The van der Waals surface area contributed by atoms with Gasteiger partial charge >= 0.3 is 0 Å². The number of pyridine rings is 1. The molecule has 0 unspecified atom stereocenters. The summed E-state index contributed by atoms with van der Waals surface area (Å²) in [7, 11) is 0. The molecule has 2 aromatic carbocycles. The molecule has 0 spiro atoms. The van der Waals surface area contributed by atoms with Gasteiger partial charge in [-0.05, 0) is 42.0 Å². The average Bonchev–Trinajstić information content (AvgIpc) is 2.67. The zero-order valence-corrected chi connectivity index (χ0v) is 12.9. The van der Waals surface area contributed by atoms with Crippen LogP contribution in [0.1, 0.15) is 21.5 Å². The summed E-state index contributed by atoms with van der Waals surface area (Å²) in [5.74, 6) is -0.142. The highest BCUT2D eigenvalue weighted by Crippen LogP contribution is 2.17. The van der Waals surface area contributed by atoms with Gasteiger partial charge in [-0.25, -0.2) is 0 Å². The molecule has 0 aliphatic carbocycles. The predicted molar refractivity (Wildman–Crippen MR) is 92.0 cm³/mol. The number of carbonyl (C=O) groups excluding carboxylic acids is 1. The SMILES string of the molecule is N#Cc1ccc(CNC(=O)c2cccc(-c3ccccn3)c2)cc1.